The van der Waals surface area contributed by atoms with Gasteiger partial charge in [0.25, 0.3) is 5.91 Å². The summed E-state index contributed by atoms with van der Waals surface area (Å²) in [6.07, 6.45) is 7.22. The molecule has 0 bridgehead atoms. The molecule has 112 valence electrons. The maximum Gasteiger partial charge on any atom is 0.250 e. The molecular formula is C17H17N3O2. The lowest BCUT2D eigenvalue weighted by Crippen LogP contribution is -2.59. The summed E-state index contributed by atoms with van der Waals surface area (Å²) in [5, 5.41) is 2.92. The second-order valence-corrected chi connectivity index (χ2v) is 5.55. The fourth-order valence-corrected chi connectivity index (χ4v) is 2.65. The summed E-state index contributed by atoms with van der Waals surface area (Å²) in [6.45, 7) is 2.20. The maximum absolute atomic E-state index is 12.7. The van der Waals surface area contributed by atoms with Crippen LogP contribution in [-0.4, -0.2) is 28.1 Å². The molecule has 1 aromatic carbocycles. The van der Waals surface area contributed by atoms with Gasteiger partial charge >= 0.3 is 0 Å². The first-order valence-corrected chi connectivity index (χ1v) is 7.17. The number of amidine groups is 1. The molecule has 0 aromatic heterocycles. The number of aliphatic imine (C=N–C) groups is 1. The summed E-state index contributed by atoms with van der Waals surface area (Å²) in [6, 6.07) is 9.68. The number of benzene rings is 1. The Morgan fingerprint density at radius 2 is 2.09 bits per heavy atom. The van der Waals surface area contributed by atoms with E-state index in [2.05, 4.69) is 10.3 Å². The molecule has 2 heterocycles. The van der Waals surface area contributed by atoms with Crippen molar-refractivity contribution in [2.75, 3.05) is 0 Å². The fraction of sp³-hybridized carbons (Fsp3) is 0.235. The van der Waals surface area contributed by atoms with Crippen molar-refractivity contribution in [2.45, 2.75) is 25.4 Å². The predicted octanol–water partition coefficient (Wildman–Crippen LogP) is 1.78. The first-order chi connectivity index (χ1) is 10.6. The molecule has 0 saturated carbocycles. The van der Waals surface area contributed by atoms with Gasteiger partial charge < -0.3 is 10.2 Å². The number of carbonyl (C=O) groups excluding carboxylic acids is 2. The van der Waals surface area contributed by atoms with Crippen molar-refractivity contribution in [3.05, 3.63) is 60.3 Å². The van der Waals surface area contributed by atoms with Gasteiger partial charge in [0, 0.05) is 12.7 Å². The monoisotopic (exact) mass is 295 g/mol. The van der Waals surface area contributed by atoms with E-state index in [4.69, 9.17) is 0 Å². The van der Waals surface area contributed by atoms with Gasteiger partial charge in [-0.15, -0.1) is 0 Å². The second-order valence-electron chi connectivity index (χ2n) is 5.55. The van der Waals surface area contributed by atoms with E-state index in [0.717, 1.165) is 5.56 Å². The van der Waals surface area contributed by atoms with Crippen LogP contribution in [0.1, 0.15) is 18.9 Å². The smallest absolute Gasteiger partial charge is 0.250 e. The normalized spacial score (nSPS) is 23.0. The molecule has 22 heavy (non-hydrogen) atoms. The van der Waals surface area contributed by atoms with Crippen LogP contribution in [0, 0.1) is 0 Å². The molecular weight excluding hydrogens is 278 g/mol. The molecule has 2 aliphatic rings. The predicted molar refractivity (Wildman–Crippen MR) is 83.9 cm³/mol. The van der Waals surface area contributed by atoms with Gasteiger partial charge in [-0.3, -0.25) is 9.59 Å². The Kier molecular flexibility index (Phi) is 3.63. The number of nitrogens with zero attached hydrogens (tertiary/aromatic N) is 2. The van der Waals surface area contributed by atoms with Gasteiger partial charge in [-0.05, 0) is 24.6 Å². The zero-order valence-corrected chi connectivity index (χ0v) is 12.3. The van der Waals surface area contributed by atoms with Gasteiger partial charge in [0.1, 0.15) is 11.4 Å². The van der Waals surface area contributed by atoms with E-state index in [1.54, 1.807) is 30.2 Å². The lowest BCUT2D eigenvalue weighted by Gasteiger charge is -2.41. The van der Waals surface area contributed by atoms with E-state index in [0.29, 0.717) is 12.4 Å². The first kappa shape index (κ1) is 14.3. The van der Waals surface area contributed by atoms with Crippen LogP contribution in [0.3, 0.4) is 0 Å². The van der Waals surface area contributed by atoms with Gasteiger partial charge in [-0.25, -0.2) is 0 Å². The third-order valence-corrected chi connectivity index (χ3v) is 3.89. The van der Waals surface area contributed by atoms with E-state index in [-0.39, 0.29) is 18.2 Å². The summed E-state index contributed by atoms with van der Waals surface area (Å²) >= 11 is 0. The summed E-state index contributed by atoms with van der Waals surface area (Å²) in [5.41, 5.74) is 0.0640. The molecule has 2 aliphatic heterocycles. The van der Waals surface area contributed by atoms with Crippen LogP contribution < -0.4 is 5.32 Å². The third-order valence-electron chi connectivity index (χ3n) is 3.89. The number of allylic oxidation sites excluding steroid dienone is 2. The van der Waals surface area contributed by atoms with E-state index >= 15 is 0 Å². The molecule has 1 aromatic rings. The van der Waals surface area contributed by atoms with Crippen molar-refractivity contribution in [1.82, 2.24) is 10.2 Å². The first-order valence-electron chi connectivity index (χ1n) is 7.17. The highest BCUT2D eigenvalue weighted by Crippen LogP contribution is 2.28. The van der Waals surface area contributed by atoms with Gasteiger partial charge in [-0.2, -0.15) is 4.99 Å². The van der Waals surface area contributed by atoms with Crippen LogP contribution in [0.25, 0.3) is 0 Å². The second kappa shape index (κ2) is 5.60. The Morgan fingerprint density at radius 1 is 1.32 bits per heavy atom. The third kappa shape index (κ3) is 2.57. The highest BCUT2D eigenvalue weighted by atomic mass is 16.2. The Hall–Kier alpha value is -2.69. The number of hydrogen-bond acceptors (Lipinski definition) is 3. The fourth-order valence-electron chi connectivity index (χ4n) is 2.65. The molecule has 0 aliphatic carbocycles. The number of nitrogens with one attached hydrogen (secondary N) is 1. The highest BCUT2D eigenvalue weighted by molar-refractivity contribution is 6.09. The molecule has 0 fully saturated rings. The van der Waals surface area contributed by atoms with Gasteiger partial charge in [-0.1, -0.05) is 36.4 Å². The Bertz CT molecular complexity index is 691. The van der Waals surface area contributed by atoms with Crippen LogP contribution in [-0.2, 0) is 16.1 Å². The van der Waals surface area contributed by atoms with Gasteiger partial charge in [0.15, 0.2) is 0 Å². The zero-order chi connectivity index (χ0) is 15.6. The van der Waals surface area contributed by atoms with Crippen LogP contribution in [0.4, 0.5) is 0 Å². The number of rotatable bonds is 3. The molecule has 0 radical (unpaired) electrons. The van der Waals surface area contributed by atoms with E-state index in [1.165, 1.54) is 0 Å². The van der Waals surface area contributed by atoms with Gasteiger partial charge in [0.2, 0.25) is 5.91 Å². The standard InChI is InChI=1S/C17H17N3O2/c1-17(16(22)18-12-13-7-3-2-4-8-13)11-15(21)19-14-9-5-6-10-20(14)17/h2-10H,11-12H2,1H3,(H,18,22). The molecule has 0 spiro atoms. The lowest BCUT2D eigenvalue weighted by molar-refractivity contribution is -0.134. The Balaban J connectivity index is 1.78. The van der Waals surface area contributed by atoms with Crippen molar-refractivity contribution in [2.24, 2.45) is 4.99 Å². The maximum atomic E-state index is 12.7. The zero-order valence-electron chi connectivity index (χ0n) is 12.3. The molecule has 0 saturated heterocycles. The summed E-state index contributed by atoms with van der Waals surface area (Å²) in [7, 11) is 0. The minimum absolute atomic E-state index is 0.0648. The SMILES string of the molecule is CC1(C(=O)NCc2ccccc2)CC(=O)N=C2C=CC=CN21. The van der Waals surface area contributed by atoms with Crippen molar-refractivity contribution < 1.29 is 9.59 Å². The van der Waals surface area contributed by atoms with Crippen LogP contribution in [0.15, 0.2) is 59.8 Å². The molecule has 1 atom stereocenters. The van der Waals surface area contributed by atoms with Crippen LogP contribution >= 0.6 is 0 Å². The molecule has 5 heteroatoms. The number of amides is 2. The molecule has 3 rings (SSSR count). The number of fused-ring (bicyclic) bond motifs is 1. The van der Waals surface area contributed by atoms with E-state index in [1.807, 2.05) is 36.4 Å². The van der Waals surface area contributed by atoms with Crippen molar-refractivity contribution >= 4 is 17.6 Å². The molecule has 1 unspecified atom stereocenters. The van der Waals surface area contributed by atoms with Crippen molar-refractivity contribution in [3.63, 3.8) is 0 Å². The largest absolute Gasteiger partial charge is 0.350 e. The summed E-state index contributed by atoms with van der Waals surface area (Å²) < 4.78 is 0. The van der Waals surface area contributed by atoms with Gasteiger partial charge in [0.05, 0.1) is 6.42 Å². The highest BCUT2D eigenvalue weighted by Gasteiger charge is 2.44. The number of carbonyl (C=O) groups is 2. The van der Waals surface area contributed by atoms with Crippen LogP contribution in [0.5, 0.6) is 0 Å². The lowest BCUT2D eigenvalue weighted by atomic mass is 9.91. The minimum Gasteiger partial charge on any atom is -0.350 e. The molecule has 1 N–H and O–H groups in total. The average Bonchev–Trinajstić information content (AvgIpc) is 2.53. The van der Waals surface area contributed by atoms with E-state index < -0.39 is 5.54 Å². The minimum atomic E-state index is -0.954. The number of hydrogen-bond donors (Lipinski definition) is 1. The van der Waals surface area contributed by atoms with E-state index in [9.17, 15) is 9.59 Å². The van der Waals surface area contributed by atoms with Crippen molar-refractivity contribution in [1.29, 1.82) is 0 Å². The molecule has 5 nitrogen and oxygen atoms in total. The Morgan fingerprint density at radius 3 is 2.86 bits per heavy atom. The summed E-state index contributed by atoms with van der Waals surface area (Å²) in [4.78, 5) is 30.3. The quantitative estimate of drug-likeness (QED) is 0.924. The topological polar surface area (TPSA) is 61.8 Å². The van der Waals surface area contributed by atoms with Crippen LogP contribution in [0.2, 0.25) is 0 Å². The molecule has 2 amide bonds. The summed E-state index contributed by atoms with van der Waals surface area (Å²) in [5.74, 6) is 0.0525. The average molecular weight is 295 g/mol. The Labute approximate surface area is 129 Å². The van der Waals surface area contributed by atoms with Crippen molar-refractivity contribution in [3.8, 4) is 0 Å².